The van der Waals surface area contributed by atoms with Gasteiger partial charge in [0.1, 0.15) is 29.2 Å². The van der Waals surface area contributed by atoms with Crippen molar-refractivity contribution in [1.29, 1.82) is 0 Å². The number of benzene rings is 2. The van der Waals surface area contributed by atoms with E-state index in [1.54, 1.807) is 25.6 Å². The Balaban J connectivity index is 1.70. The molecule has 1 saturated heterocycles. The fourth-order valence-electron chi connectivity index (χ4n) is 3.86. The first-order valence-electron chi connectivity index (χ1n) is 9.68. The van der Waals surface area contributed by atoms with E-state index in [1.165, 1.54) is 31.4 Å². The molecule has 6 heteroatoms. The lowest BCUT2D eigenvalue weighted by molar-refractivity contribution is 0.194. The Morgan fingerprint density at radius 2 is 1.96 bits per heavy atom. The summed E-state index contributed by atoms with van der Waals surface area (Å²) in [6.07, 6.45) is 5.29. The molecule has 4 rings (SSSR count). The fourth-order valence-corrected chi connectivity index (χ4v) is 3.86. The van der Waals surface area contributed by atoms with Crippen LogP contribution in [-0.2, 0) is 0 Å². The molecule has 3 aromatic rings. The van der Waals surface area contributed by atoms with Crippen LogP contribution in [0, 0.1) is 5.82 Å². The van der Waals surface area contributed by atoms with Gasteiger partial charge in [0.05, 0.1) is 7.11 Å². The number of hydrogen-bond acceptors (Lipinski definition) is 5. The van der Waals surface area contributed by atoms with Crippen molar-refractivity contribution in [2.24, 2.45) is 0 Å². The van der Waals surface area contributed by atoms with Crippen molar-refractivity contribution >= 4 is 16.7 Å². The Morgan fingerprint density at radius 3 is 2.71 bits per heavy atom. The average molecular weight is 380 g/mol. The third-order valence-electron chi connectivity index (χ3n) is 5.53. The lowest BCUT2D eigenvalue weighted by Gasteiger charge is -2.32. The van der Waals surface area contributed by atoms with Crippen molar-refractivity contribution in [2.45, 2.75) is 25.3 Å². The van der Waals surface area contributed by atoms with Gasteiger partial charge in [-0.05, 0) is 61.8 Å². The SMILES string of the molecule is COc1cc(-c2ccc(F)cc2)cc2c(NCC3CCCCN3C)ncnc12. The van der Waals surface area contributed by atoms with E-state index in [-0.39, 0.29) is 5.82 Å². The second-order valence-corrected chi connectivity index (χ2v) is 7.31. The van der Waals surface area contributed by atoms with Crippen LogP contribution in [0.4, 0.5) is 10.2 Å². The highest BCUT2D eigenvalue weighted by atomic mass is 19.1. The Labute approximate surface area is 164 Å². The van der Waals surface area contributed by atoms with Crippen LogP contribution in [0.15, 0.2) is 42.7 Å². The highest BCUT2D eigenvalue weighted by molar-refractivity contribution is 5.96. The van der Waals surface area contributed by atoms with Crippen molar-refractivity contribution in [2.75, 3.05) is 32.6 Å². The van der Waals surface area contributed by atoms with Crippen molar-refractivity contribution in [3.8, 4) is 16.9 Å². The maximum Gasteiger partial charge on any atom is 0.145 e. The average Bonchev–Trinajstić information content (AvgIpc) is 2.73. The van der Waals surface area contributed by atoms with Gasteiger partial charge in [-0.2, -0.15) is 0 Å². The number of nitrogens with zero attached hydrogens (tertiary/aromatic N) is 3. The topological polar surface area (TPSA) is 50.3 Å². The van der Waals surface area contributed by atoms with Gasteiger partial charge in [0.25, 0.3) is 0 Å². The smallest absolute Gasteiger partial charge is 0.145 e. The van der Waals surface area contributed by atoms with E-state index in [0.29, 0.717) is 11.8 Å². The lowest BCUT2D eigenvalue weighted by Crippen LogP contribution is -2.40. The van der Waals surface area contributed by atoms with Crippen LogP contribution in [0.5, 0.6) is 5.75 Å². The molecule has 1 aliphatic heterocycles. The van der Waals surface area contributed by atoms with Crippen molar-refractivity contribution in [3.05, 3.63) is 48.5 Å². The summed E-state index contributed by atoms with van der Waals surface area (Å²) < 4.78 is 18.9. The highest BCUT2D eigenvalue weighted by Crippen LogP contribution is 2.34. The molecule has 1 aromatic heterocycles. The summed E-state index contributed by atoms with van der Waals surface area (Å²) in [5.41, 5.74) is 2.63. The van der Waals surface area contributed by atoms with Gasteiger partial charge in [-0.3, -0.25) is 0 Å². The zero-order valence-corrected chi connectivity index (χ0v) is 16.3. The second-order valence-electron chi connectivity index (χ2n) is 7.31. The van der Waals surface area contributed by atoms with Crippen LogP contribution in [0.2, 0.25) is 0 Å². The molecule has 1 N–H and O–H groups in total. The van der Waals surface area contributed by atoms with E-state index in [1.807, 2.05) is 12.1 Å². The number of piperidine rings is 1. The second kappa shape index (κ2) is 8.10. The molecule has 0 aliphatic carbocycles. The molecule has 5 nitrogen and oxygen atoms in total. The number of methoxy groups -OCH3 is 1. The normalized spacial score (nSPS) is 17.6. The number of rotatable bonds is 5. The van der Waals surface area contributed by atoms with E-state index in [4.69, 9.17) is 4.74 Å². The zero-order chi connectivity index (χ0) is 19.5. The Morgan fingerprint density at radius 1 is 1.14 bits per heavy atom. The van der Waals surface area contributed by atoms with Crippen LogP contribution in [0.25, 0.3) is 22.0 Å². The van der Waals surface area contributed by atoms with Gasteiger partial charge < -0.3 is 15.0 Å². The van der Waals surface area contributed by atoms with E-state index in [0.717, 1.165) is 40.9 Å². The molecular weight excluding hydrogens is 355 g/mol. The molecule has 0 amide bonds. The molecule has 1 unspecified atom stereocenters. The number of halogens is 1. The Bertz CT molecular complexity index is 961. The third kappa shape index (κ3) is 3.78. The predicted molar refractivity (Wildman–Crippen MR) is 110 cm³/mol. The molecule has 28 heavy (non-hydrogen) atoms. The summed E-state index contributed by atoms with van der Waals surface area (Å²) in [5.74, 6) is 1.22. The largest absolute Gasteiger partial charge is 0.494 e. The quantitative estimate of drug-likeness (QED) is 0.714. The number of likely N-dealkylation sites (tertiary alicyclic amines) is 1. The van der Waals surface area contributed by atoms with Gasteiger partial charge in [0.2, 0.25) is 0 Å². The van der Waals surface area contributed by atoms with Gasteiger partial charge in [-0.15, -0.1) is 0 Å². The lowest BCUT2D eigenvalue weighted by atomic mass is 10.0. The van der Waals surface area contributed by atoms with Crippen LogP contribution >= 0.6 is 0 Å². The minimum absolute atomic E-state index is 0.251. The maximum absolute atomic E-state index is 13.3. The van der Waals surface area contributed by atoms with E-state index in [9.17, 15) is 4.39 Å². The predicted octanol–water partition coefficient (Wildman–Crippen LogP) is 4.34. The molecule has 2 aromatic carbocycles. The number of nitrogens with one attached hydrogen (secondary N) is 1. The number of hydrogen-bond donors (Lipinski definition) is 1. The van der Waals surface area contributed by atoms with Gasteiger partial charge in [-0.25, -0.2) is 14.4 Å². The number of aromatic nitrogens is 2. The molecule has 1 aliphatic rings. The summed E-state index contributed by atoms with van der Waals surface area (Å²) in [5, 5.41) is 4.42. The first-order chi connectivity index (χ1) is 13.7. The molecule has 0 saturated carbocycles. The first kappa shape index (κ1) is 18.6. The van der Waals surface area contributed by atoms with Crippen LogP contribution in [0.1, 0.15) is 19.3 Å². The zero-order valence-electron chi connectivity index (χ0n) is 16.3. The Hall–Kier alpha value is -2.73. The molecule has 0 spiro atoms. The Kier molecular flexibility index (Phi) is 5.39. The maximum atomic E-state index is 13.3. The van der Waals surface area contributed by atoms with Gasteiger partial charge in [0.15, 0.2) is 0 Å². The number of anilines is 1. The molecule has 0 radical (unpaired) electrons. The summed E-state index contributed by atoms with van der Waals surface area (Å²) in [6.45, 7) is 1.98. The molecule has 2 heterocycles. The number of ether oxygens (including phenoxy) is 1. The summed E-state index contributed by atoms with van der Waals surface area (Å²) in [4.78, 5) is 11.3. The minimum atomic E-state index is -0.251. The van der Waals surface area contributed by atoms with Gasteiger partial charge in [-0.1, -0.05) is 18.6 Å². The summed E-state index contributed by atoms with van der Waals surface area (Å²) in [7, 11) is 3.81. The number of fused-ring (bicyclic) bond motifs is 1. The summed E-state index contributed by atoms with van der Waals surface area (Å²) >= 11 is 0. The van der Waals surface area contributed by atoms with Crippen molar-refractivity contribution in [1.82, 2.24) is 14.9 Å². The van der Waals surface area contributed by atoms with Crippen molar-refractivity contribution in [3.63, 3.8) is 0 Å². The molecule has 1 fully saturated rings. The van der Waals surface area contributed by atoms with Crippen LogP contribution in [0.3, 0.4) is 0 Å². The standard InChI is InChI=1S/C22H25FN4O/c1-27-10-4-3-5-18(27)13-24-22-19-11-16(15-6-8-17(23)9-7-15)12-20(28-2)21(19)25-14-26-22/h6-9,11-12,14,18H,3-5,10,13H2,1-2H3,(H,24,25,26). The summed E-state index contributed by atoms with van der Waals surface area (Å²) in [6, 6.07) is 10.9. The van der Waals surface area contributed by atoms with E-state index in [2.05, 4.69) is 27.2 Å². The molecule has 1 atom stereocenters. The van der Waals surface area contributed by atoms with Gasteiger partial charge in [0, 0.05) is 18.0 Å². The monoisotopic (exact) mass is 380 g/mol. The fraction of sp³-hybridized carbons (Fsp3) is 0.364. The highest BCUT2D eigenvalue weighted by Gasteiger charge is 2.19. The van der Waals surface area contributed by atoms with Crippen LogP contribution < -0.4 is 10.1 Å². The minimum Gasteiger partial charge on any atom is -0.494 e. The first-order valence-corrected chi connectivity index (χ1v) is 9.68. The third-order valence-corrected chi connectivity index (χ3v) is 5.53. The number of likely N-dealkylation sites (N-methyl/N-ethyl adjacent to an activating group) is 1. The van der Waals surface area contributed by atoms with E-state index < -0.39 is 0 Å². The van der Waals surface area contributed by atoms with E-state index >= 15 is 0 Å². The molecular formula is C22H25FN4O. The molecule has 146 valence electrons. The van der Waals surface area contributed by atoms with Gasteiger partial charge >= 0.3 is 0 Å². The van der Waals surface area contributed by atoms with Crippen LogP contribution in [-0.4, -0.2) is 48.2 Å². The molecule has 0 bridgehead atoms. The van der Waals surface area contributed by atoms with Crippen molar-refractivity contribution < 1.29 is 9.13 Å².